The summed E-state index contributed by atoms with van der Waals surface area (Å²) in [4.78, 5) is 27.2. The summed E-state index contributed by atoms with van der Waals surface area (Å²) in [5.74, 6) is 1.38. The van der Waals surface area contributed by atoms with Gasteiger partial charge in [0.15, 0.2) is 0 Å². The first-order valence-corrected chi connectivity index (χ1v) is 10.4. The fourth-order valence-electron chi connectivity index (χ4n) is 4.47. The molecule has 0 bridgehead atoms. The number of amides is 2. The SMILES string of the molecule is O=C(Nc1ccc(C(=O)N2CC[C@H]3CCCC[C@H]3C2)cc1)c1ccc(Cl)cc1. The van der Waals surface area contributed by atoms with Crippen molar-refractivity contribution in [2.24, 2.45) is 11.8 Å². The summed E-state index contributed by atoms with van der Waals surface area (Å²) < 4.78 is 0. The molecule has 4 rings (SSSR count). The number of halogens is 1. The zero-order valence-electron chi connectivity index (χ0n) is 15.9. The number of carbonyl (C=O) groups is 2. The molecule has 2 amide bonds. The number of piperidine rings is 1. The number of likely N-dealkylation sites (tertiary alicyclic amines) is 1. The minimum Gasteiger partial charge on any atom is -0.338 e. The maximum atomic E-state index is 12.9. The van der Waals surface area contributed by atoms with Crippen molar-refractivity contribution in [3.05, 3.63) is 64.7 Å². The number of anilines is 1. The topological polar surface area (TPSA) is 49.4 Å². The minimum atomic E-state index is -0.199. The Balaban J connectivity index is 1.38. The summed E-state index contributed by atoms with van der Waals surface area (Å²) in [6.45, 7) is 1.74. The van der Waals surface area contributed by atoms with Crippen LogP contribution in [0.5, 0.6) is 0 Å². The molecule has 1 saturated carbocycles. The first kappa shape index (κ1) is 19.0. The monoisotopic (exact) mass is 396 g/mol. The highest BCUT2D eigenvalue weighted by molar-refractivity contribution is 6.30. The van der Waals surface area contributed by atoms with E-state index < -0.39 is 0 Å². The molecule has 1 saturated heterocycles. The highest BCUT2D eigenvalue weighted by atomic mass is 35.5. The van der Waals surface area contributed by atoms with Gasteiger partial charge in [-0.15, -0.1) is 0 Å². The summed E-state index contributed by atoms with van der Waals surface area (Å²) in [5, 5.41) is 3.45. The van der Waals surface area contributed by atoms with Gasteiger partial charge in [0.1, 0.15) is 0 Å². The molecular weight excluding hydrogens is 372 g/mol. The van der Waals surface area contributed by atoms with E-state index in [4.69, 9.17) is 11.6 Å². The van der Waals surface area contributed by atoms with Crippen molar-refractivity contribution in [2.75, 3.05) is 18.4 Å². The molecule has 0 spiro atoms. The van der Waals surface area contributed by atoms with Crippen LogP contribution in [0.3, 0.4) is 0 Å². The van der Waals surface area contributed by atoms with Gasteiger partial charge in [-0.3, -0.25) is 9.59 Å². The molecule has 0 aromatic heterocycles. The van der Waals surface area contributed by atoms with Crippen molar-refractivity contribution in [3.63, 3.8) is 0 Å². The van der Waals surface area contributed by atoms with Crippen molar-refractivity contribution in [1.82, 2.24) is 4.90 Å². The molecule has 28 heavy (non-hydrogen) atoms. The number of hydrogen-bond acceptors (Lipinski definition) is 2. The zero-order valence-corrected chi connectivity index (χ0v) is 16.6. The Morgan fingerprint density at radius 1 is 0.857 bits per heavy atom. The number of nitrogens with one attached hydrogen (secondary N) is 1. The number of hydrogen-bond donors (Lipinski definition) is 1. The van der Waals surface area contributed by atoms with Crippen LogP contribution in [0.25, 0.3) is 0 Å². The molecule has 4 nitrogen and oxygen atoms in total. The van der Waals surface area contributed by atoms with Crippen LogP contribution >= 0.6 is 11.6 Å². The lowest BCUT2D eigenvalue weighted by Gasteiger charge is -2.41. The van der Waals surface area contributed by atoms with E-state index >= 15 is 0 Å². The second-order valence-corrected chi connectivity index (χ2v) is 8.32. The van der Waals surface area contributed by atoms with E-state index in [9.17, 15) is 9.59 Å². The summed E-state index contributed by atoms with van der Waals surface area (Å²) in [6, 6.07) is 13.9. The molecule has 2 aliphatic rings. The van der Waals surface area contributed by atoms with E-state index in [0.717, 1.165) is 25.4 Å². The molecule has 5 heteroatoms. The van der Waals surface area contributed by atoms with Crippen LogP contribution in [0, 0.1) is 11.8 Å². The molecule has 1 heterocycles. The predicted octanol–water partition coefficient (Wildman–Crippen LogP) is 5.24. The maximum Gasteiger partial charge on any atom is 0.255 e. The Labute approximate surface area is 170 Å². The largest absolute Gasteiger partial charge is 0.338 e. The van der Waals surface area contributed by atoms with Gasteiger partial charge in [0.25, 0.3) is 11.8 Å². The van der Waals surface area contributed by atoms with Gasteiger partial charge in [0.05, 0.1) is 0 Å². The van der Waals surface area contributed by atoms with Crippen molar-refractivity contribution in [1.29, 1.82) is 0 Å². The third kappa shape index (κ3) is 4.22. The molecule has 0 radical (unpaired) electrons. The van der Waals surface area contributed by atoms with E-state index in [2.05, 4.69) is 5.32 Å². The van der Waals surface area contributed by atoms with Gasteiger partial charge >= 0.3 is 0 Å². The van der Waals surface area contributed by atoms with Gasteiger partial charge in [-0.1, -0.05) is 30.9 Å². The van der Waals surface area contributed by atoms with Gasteiger partial charge in [-0.25, -0.2) is 0 Å². The van der Waals surface area contributed by atoms with Crippen LogP contribution in [-0.4, -0.2) is 29.8 Å². The number of nitrogens with zero attached hydrogens (tertiary/aromatic N) is 1. The third-order valence-electron chi connectivity index (χ3n) is 6.07. The Bertz CT molecular complexity index is 848. The second kappa shape index (κ2) is 8.36. The van der Waals surface area contributed by atoms with Crippen LogP contribution in [0.1, 0.15) is 52.8 Å². The smallest absolute Gasteiger partial charge is 0.255 e. The van der Waals surface area contributed by atoms with Crippen LogP contribution in [0.4, 0.5) is 5.69 Å². The van der Waals surface area contributed by atoms with E-state index in [1.807, 2.05) is 4.90 Å². The Kier molecular flexibility index (Phi) is 5.67. The molecular formula is C23H25ClN2O2. The van der Waals surface area contributed by atoms with Gasteiger partial charge in [-0.05, 0) is 73.2 Å². The first-order chi connectivity index (χ1) is 13.6. The van der Waals surface area contributed by atoms with Crippen molar-refractivity contribution in [3.8, 4) is 0 Å². The minimum absolute atomic E-state index is 0.0969. The lowest BCUT2D eigenvalue weighted by atomic mass is 9.75. The van der Waals surface area contributed by atoms with Crippen LogP contribution in [-0.2, 0) is 0 Å². The van der Waals surface area contributed by atoms with E-state index in [0.29, 0.717) is 27.8 Å². The summed E-state index contributed by atoms with van der Waals surface area (Å²) in [7, 11) is 0. The van der Waals surface area contributed by atoms with Crippen LogP contribution in [0.2, 0.25) is 5.02 Å². The first-order valence-electron chi connectivity index (χ1n) is 10.1. The highest BCUT2D eigenvalue weighted by Crippen LogP contribution is 2.36. The highest BCUT2D eigenvalue weighted by Gasteiger charge is 2.33. The Hall–Kier alpha value is -2.33. The molecule has 2 aromatic carbocycles. The van der Waals surface area contributed by atoms with Crippen LogP contribution < -0.4 is 5.32 Å². The molecule has 2 atom stereocenters. The Morgan fingerprint density at radius 3 is 2.21 bits per heavy atom. The molecule has 1 aliphatic carbocycles. The summed E-state index contributed by atoms with van der Waals surface area (Å²) >= 11 is 5.86. The van der Waals surface area contributed by atoms with Crippen molar-refractivity contribution < 1.29 is 9.59 Å². The van der Waals surface area contributed by atoms with E-state index in [1.165, 1.54) is 25.7 Å². The van der Waals surface area contributed by atoms with E-state index in [1.54, 1.807) is 48.5 Å². The lowest BCUT2D eigenvalue weighted by molar-refractivity contribution is 0.0521. The van der Waals surface area contributed by atoms with Gasteiger partial charge in [0, 0.05) is 34.9 Å². The number of carbonyl (C=O) groups excluding carboxylic acids is 2. The normalized spacial score (nSPS) is 21.7. The molecule has 0 unspecified atom stereocenters. The predicted molar refractivity (Wildman–Crippen MR) is 112 cm³/mol. The van der Waals surface area contributed by atoms with Crippen molar-refractivity contribution >= 4 is 29.1 Å². The molecule has 2 fully saturated rings. The fourth-order valence-corrected chi connectivity index (χ4v) is 4.59. The second-order valence-electron chi connectivity index (χ2n) is 7.88. The molecule has 2 aromatic rings. The maximum absolute atomic E-state index is 12.9. The average molecular weight is 397 g/mol. The molecule has 1 N–H and O–H groups in total. The average Bonchev–Trinajstić information content (AvgIpc) is 2.74. The standard InChI is InChI=1S/C23H25ClN2O2/c24-20-9-5-17(6-10-20)22(27)25-21-11-7-18(8-12-21)23(28)26-14-13-16-3-1-2-4-19(16)15-26/h5-12,16,19H,1-4,13-15H2,(H,25,27)/t16-,19+/m1/s1. The zero-order chi connectivity index (χ0) is 19.5. The number of rotatable bonds is 3. The lowest BCUT2D eigenvalue weighted by Crippen LogP contribution is -2.44. The van der Waals surface area contributed by atoms with E-state index in [-0.39, 0.29) is 11.8 Å². The molecule has 146 valence electrons. The summed E-state index contributed by atoms with van der Waals surface area (Å²) in [6.07, 6.45) is 6.36. The van der Waals surface area contributed by atoms with Gasteiger partial charge in [-0.2, -0.15) is 0 Å². The fraction of sp³-hybridized carbons (Fsp3) is 0.391. The number of fused-ring (bicyclic) bond motifs is 1. The van der Waals surface area contributed by atoms with Crippen LogP contribution in [0.15, 0.2) is 48.5 Å². The Morgan fingerprint density at radius 2 is 1.50 bits per heavy atom. The quantitative estimate of drug-likeness (QED) is 0.770. The van der Waals surface area contributed by atoms with Crippen molar-refractivity contribution in [2.45, 2.75) is 32.1 Å². The third-order valence-corrected chi connectivity index (χ3v) is 6.33. The summed E-state index contributed by atoms with van der Waals surface area (Å²) in [5.41, 5.74) is 1.89. The number of benzene rings is 2. The van der Waals surface area contributed by atoms with Gasteiger partial charge < -0.3 is 10.2 Å². The molecule has 1 aliphatic heterocycles. The van der Waals surface area contributed by atoms with Gasteiger partial charge in [0.2, 0.25) is 0 Å².